The maximum Gasteiger partial charge on any atom is 0.269 e. The van der Waals surface area contributed by atoms with E-state index in [1.165, 1.54) is 38.5 Å². The fraction of sp³-hybridized carbons (Fsp3) is 0.857. The van der Waals surface area contributed by atoms with Crippen LogP contribution in [0.2, 0.25) is 0 Å². The van der Waals surface area contributed by atoms with Gasteiger partial charge >= 0.3 is 0 Å². The van der Waals surface area contributed by atoms with Crippen molar-refractivity contribution < 1.29 is 5.21 Å². The lowest BCUT2D eigenvalue weighted by molar-refractivity contribution is 0.382. The lowest BCUT2D eigenvalue weighted by Crippen LogP contribution is -2.21. The Hall–Kier alpha value is -1.50. The van der Waals surface area contributed by atoms with Crippen LogP contribution in [0.3, 0.4) is 0 Å². The Labute approximate surface area is 127 Å². The van der Waals surface area contributed by atoms with Crippen LogP contribution in [0.15, 0.2) is 0 Å². The molecule has 0 saturated heterocycles. The summed E-state index contributed by atoms with van der Waals surface area (Å²) in [5.41, 5.74) is 5.19. The molecule has 0 amide bonds. The molecule has 0 aliphatic rings. The highest BCUT2D eigenvalue weighted by molar-refractivity contribution is 5.34. The largest absolute Gasteiger partial charge is 0.353 e. The first-order chi connectivity index (χ1) is 10.3. The molecular formula is C14H30N6O. The van der Waals surface area contributed by atoms with E-state index in [9.17, 15) is 0 Å². The lowest BCUT2D eigenvalue weighted by Gasteiger charge is -2.09. The summed E-state index contributed by atoms with van der Waals surface area (Å²) < 4.78 is 0. The van der Waals surface area contributed by atoms with Crippen LogP contribution in [0.4, 0.5) is 11.9 Å². The van der Waals surface area contributed by atoms with Crippen LogP contribution in [-0.4, -0.2) is 33.2 Å². The second-order valence-electron chi connectivity index (χ2n) is 5.24. The summed E-state index contributed by atoms with van der Waals surface area (Å²) in [5.74, 6) is 0.839. The molecule has 1 aromatic heterocycles. The number of unbranched alkanes of at least 4 members (excludes halogenated alkanes) is 6. The first kappa shape index (κ1) is 17.6. The van der Waals surface area contributed by atoms with E-state index in [0.29, 0.717) is 5.95 Å². The predicted octanol–water partition coefficient (Wildman–Crippen LogP) is 3.20. The molecule has 0 aromatic carbocycles. The lowest BCUT2D eigenvalue weighted by atomic mass is 10.2. The Morgan fingerprint density at radius 1 is 0.952 bits per heavy atom. The van der Waals surface area contributed by atoms with Crippen LogP contribution < -0.4 is 16.2 Å². The second-order valence-corrected chi connectivity index (χ2v) is 5.24. The third kappa shape index (κ3) is 7.17. The molecule has 1 heterocycles. The van der Waals surface area contributed by atoms with E-state index in [4.69, 9.17) is 5.21 Å². The van der Waals surface area contributed by atoms with Crippen molar-refractivity contribution in [3.8, 4) is 0 Å². The number of nitrogens with one attached hydrogen (secondary N) is 3. The summed E-state index contributed by atoms with van der Waals surface area (Å²) >= 11 is 0. The highest BCUT2D eigenvalue weighted by Gasteiger charge is 2.08. The van der Waals surface area contributed by atoms with Crippen molar-refractivity contribution >= 4 is 11.9 Å². The van der Waals surface area contributed by atoms with E-state index in [-0.39, 0.29) is 5.95 Å². The molecule has 7 heteroatoms. The molecule has 4 N–H and O–H groups in total. The van der Waals surface area contributed by atoms with Gasteiger partial charge in [-0.2, -0.15) is 4.98 Å². The smallest absolute Gasteiger partial charge is 0.269 e. The SMILES string of the molecule is CCCCCCNc1nc(NO)nn1NCCCCCC. The van der Waals surface area contributed by atoms with Crippen molar-refractivity contribution in [2.24, 2.45) is 0 Å². The van der Waals surface area contributed by atoms with Gasteiger partial charge in [-0.15, -0.1) is 9.89 Å². The molecule has 122 valence electrons. The maximum atomic E-state index is 8.91. The fourth-order valence-corrected chi connectivity index (χ4v) is 2.07. The van der Waals surface area contributed by atoms with E-state index >= 15 is 0 Å². The van der Waals surface area contributed by atoms with Crippen molar-refractivity contribution in [1.82, 2.24) is 14.9 Å². The van der Waals surface area contributed by atoms with Crippen LogP contribution in [0, 0.1) is 0 Å². The first-order valence-corrected chi connectivity index (χ1v) is 8.16. The van der Waals surface area contributed by atoms with Crippen molar-refractivity contribution in [3.63, 3.8) is 0 Å². The first-order valence-electron chi connectivity index (χ1n) is 8.16. The van der Waals surface area contributed by atoms with Gasteiger partial charge in [-0.3, -0.25) is 5.21 Å². The van der Waals surface area contributed by atoms with Gasteiger partial charge in [0.15, 0.2) is 0 Å². The molecule has 0 spiro atoms. The molecule has 1 rings (SSSR count). The van der Waals surface area contributed by atoms with Gasteiger partial charge in [-0.25, -0.2) is 5.48 Å². The van der Waals surface area contributed by atoms with Gasteiger partial charge in [0.1, 0.15) is 0 Å². The van der Waals surface area contributed by atoms with Gasteiger partial charge in [-0.1, -0.05) is 52.4 Å². The Morgan fingerprint density at radius 2 is 1.62 bits per heavy atom. The molecule has 21 heavy (non-hydrogen) atoms. The molecule has 0 unspecified atom stereocenters. The van der Waals surface area contributed by atoms with Crippen molar-refractivity contribution in [3.05, 3.63) is 0 Å². The molecule has 0 fully saturated rings. The summed E-state index contributed by atoms with van der Waals surface area (Å²) in [7, 11) is 0. The minimum Gasteiger partial charge on any atom is -0.353 e. The van der Waals surface area contributed by atoms with E-state index in [2.05, 4.69) is 34.7 Å². The summed E-state index contributed by atoms with van der Waals surface area (Å²) in [5, 5.41) is 16.3. The van der Waals surface area contributed by atoms with Gasteiger partial charge in [0.2, 0.25) is 5.95 Å². The number of nitrogens with zero attached hydrogens (tertiary/aromatic N) is 3. The Balaban J connectivity index is 2.36. The van der Waals surface area contributed by atoms with Crippen LogP contribution >= 0.6 is 0 Å². The third-order valence-electron chi connectivity index (χ3n) is 3.31. The molecule has 0 atom stereocenters. The van der Waals surface area contributed by atoms with Crippen LogP contribution in [0.25, 0.3) is 0 Å². The van der Waals surface area contributed by atoms with Crippen molar-refractivity contribution in [1.29, 1.82) is 0 Å². The van der Waals surface area contributed by atoms with Crippen LogP contribution in [-0.2, 0) is 0 Å². The standard InChI is InChI=1S/C14H30N6O/c1-3-5-7-9-11-15-14-17-13(19-21)18-20(14)16-12-10-8-6-4-2/h16,21H,3-12H2,1-2H3,(H2,15,17,18,19). The van der Waals surface area contributed by atoms with Crippen molar-refractivity contribution in [2.45, 2.75) is 65.2 Å². The zero-order valence-electron chi connectivity index (χ0n) is 13.4. The zero-order valence-corrected chi connectivity index (χ0v) is 13.4. The third-order valence-corrected chi connectivity index (χ3v) is 3.31. The molecule has 0 radical (unpaired) electrons. The van der Waals surface area contributed by atoms with E-state index in [1.807, 2.05) is 5.48 Å². The normalized spacial score (nSPS) is 10.6. The Bertz CT molecular complexity index is 337. The molecule has 0 bridgehead atoms. The number of aromatic nitrogens is 3. The van der Waals surface area contributed by atoms with Gasteiger partial charge in [0.25, 0.3) is 5.95 Å². The molecule has 0 aliphatic carbocycles. The minimum absolute atomic E-state index is 0.201. The van der Waals surface area contributed by atoms with Gasteiger partial charge in [-0.05, 0) is 12.8 Å². The fourth-order valence-electron chi connectivity index (χ4n) is 2.07. The molecule has 0 saturated carbocycles. The zero-order chi connectivity index (χ0) is 15.3. The van der Waals surface area contributed by atoms with E-state index < -0.39 is 0 Å². The Morgan fingerprint density at radius 3 is 2.24 bits per heavy atom. The summed E-state index contributed by atoms with van der Waals surface area (Å²) in [4.78, 5) is 5.78. The highest BCUT2D eigenvalue weighted by Crippen LogP contribution is 2.08. The molecule has 0 aliphatic heterocycles. The van der Waals surface area contributed by atoms with Gasteiger partial charge in [0.05, 0.1) is 0 Å². The van der Waals surface area contributed by atoms with Gasteiger partial charge in [0, 0.05) is 13.1 Å². The predicted molar refractivity (Wildman–Crippen MR) is 86.4 cm³/mol. The Kier molecular flexibility index (Phi) is 9.35. The number of rotatable bonds is 13. The number of anilines is 2. The number of hydrogen-bond donors (Lipinski definition) is 4. The average Bonchev–Trinajstić information content (AvgIpc) is 2.89. The maximum absolute atomic E-state index is 8.91. The summed E-state index contributed by atoms with van der Waals surface area (Å²) in [6.45, 7) is 6.11. The van der Waals surface area contributed by atoms with E-state index in [1.54, 1.807) is 4.79 Å². The number of hydrogen-bond acceptors (Lipinski definition) is 6. The van der Waals surface area contributed by atoms with E-state index in [0.717, 1.165) is 25.9 Å². The van der Waals surface area contributed by atoms with Crippen LogP contribution in [0.5, 0.6) is 0 Å². The summed E-state index contributed by atoms with van der Waals surface area (Å²) in [6, 6.07) is 0. The topological polar surface area (TPSA) is 87.0 Å². The van der Waals surface area contributed by atoms with Crippen LogP contribution in [0.1, 0.15) is 65.2 Å². The highest BCUT2D eigenvalue weighted by atomic mass is 16.5. The molecular weight excluding hydrogens is 268 g/mol. The molecule has 1 aromatic rings. The van der Waals surface area contributed by atoms with Crippen molar-refractivity contribution in [2.75, 3.05) is 29.3 Å². The minimum atomic E-state index is 0.201. The monoisotopic (exact) mass is 298 g/mol. The quantitative estimate of drug-likeness (QED) is 0.330. The average molecular weight is 298 g/mol. The second kappa shape index (κ2) is 11.2. The van der Waals surface area contributed by atoms with Gasteiger partial charge < -0.3 is 10.7 Å². The summed E-state index contributed by atoms with van der Waals surface area (Å²) in [6.07, 6.45) is 9.61. The molecule has 7 nitrogen and oxygen atoms in total.